The molecular formula is C39H44P2. The highest BCUT2D eigenvalue weighted by molar-refractivity contribution is 7.77. The van der Waals surface area contributed by atoms with Crippen LogP contribution in [0.5, 0.6) is 0 Å². The molecule has 1 aliphatic rings. The third-order valence-corrected chi connectivity index (χ3v) is 13.1. The summed E-state index contributed by atoms with van der Waals surface area (Å²) in [6, 6.07) is 28.8. The molecule has 0 unspecified atom stereocenters. The van der Waals surface area contributed by atoms with Gasteiger partial charge in [-0.15, -0.1) is 0 Å². The lowest BCUT2D eigenvalue weighted by Crippen LogP contribution is -2.24. The monoisotopic (exact) mass is 574 g/mol. The molecular weight excluding hydrogens is 530 g/mol. The second-order valence-electron chi connectivity index (χ2n) is 12.2. The zero-order chi connectivity index (χ0) is 29.4. The third-order valence-electron chi connectivity index (χ3n) is 7.92. The Labute approximate surface area is 251 Å². The van der Waals surface area contributed by atoms with E-state index >= 15 is 0 Å². The summed E-state index contributed by atoms with van der Waals surface area (Å²) in [6.07, 6.45) is 6.11. The average Bonchev–Trinajstić information content (AvgIpc) is 3.31. The topological polar surface area (TPSA) is 0 Å². The van der Waals surface area contributed by atoms with Crippen molar-refractivity contribution in [2.45, 2.75) is 74.4 Å². The van der Waals surface area contributed by atoms with Gasteiger partial charge in [-0.1, -0.05) is 136 Å². The van der Waals surface area contributed by atoms with Gasteiger partial charge in [-0.05, 0) is 110 Å². The highest BCUT2D eigenvalue weighted by Gasteiger charge is 2.32. The first-order chi connectivity index (χ1) is 19.5. The van der Waals surface area contributed by atoms with Crippen molar-refractivity contribution >= 4 is 37.1 Å². The van der Waals surface area contributed by atoms with Gasteiger partial charge >= 0.3 is 0 Å². The normalized spacial score (nSPS) is 14.0. The van der Waals surface area contributed by atoms with Gasteiger partial charge in [-0.2, -0.15) is 0 Å². The minimum Gasteiger partial charge on any atom is -0.0762 e. The number of rotatable bonds is 7. The van der Waals surface area contributed by atoms with Crippen LogP contribution in [0.15, 0.2) is 95.8 Å². The predicted octanol–water partition coefficient (Wildman–Crippen LogP) is 9.32. The Morgan fingerprint density at radius 3 is 1.10 bits per heavy atom. The van der Waals surface area contributed by atoms with Crippen LogP contribution in [0.25, 0.3) is 0 Å². The molecule has 0 aliphatic heterocycles. The second kappa shape index (κ2) is 12.2. The van der Waals surface area contributed by atoms with Gasteiger partial charge in [0.1, 0.15) is 0 Å². The molecule has 210 valence electrons. The molecule has 0 fully saturated rings. The molecule has 0 bridgehead atoms. The van der Waals surface area contributed by atoms with Crippen LogP contribution in [0.3, 0.4) is 0 Å². The SMILES string of the molecule is Cc1cc(C)cc(P(C2=CCC=C2[C@@H](C)P(c2cc(C)cc(C)c2)c2cc(C)cc(C)c2)c2cc(C)cc(C)c2)c1. The quantitative estimate of drug-likeness (QED) is 0.193. The molecule has 0 radical (unpaired) electrons. The number of hydrogen-bond acceptors (Lipinski definition) is 0. The summed E-state index contributed by atoms with van der Waals surface area (Å²) in [5, 5.41) is 7.48. The van der Waals surface area contributed by atoms with E-state index in [2.05, 4.69) is 147 Å². The standard InChI is InChI=1S/C39H44P2/c1-25-13-26(2)18-34(17-25)40(35-19-27(3)14-28(4)20-35)33(9)38-11-10-12-39(38)41(36-21-29(5)15-30(6)22-36)37-23-31(7)16-32(8)24-37/h11-24,33H,10H2,1-9H3/t33-/m1/s1. The van der Waals surface area contributed by atoms with Crippen molar-refractivity contribution in [3.63, 3.8) is 0 Å². The first-order valence-corrected chi connectivity index (χ1v) is 17.6. The van der Waals surface area contributed by atoms with Crippen LogP contribution in [0, 0.1) is 55.4 Å². The van der Waals surface area contributed by atoms with Gasteiger partial charge in [0.05, 0.1) is 0 Å². The van der Waals surface area contributed by atoms with E-state index < -0.39 is 15.8 Å². The maximum Gasteiger partial charge on any atom is 0.00970 e. The summed E-state index contributed by atoms with van der Waals surface area (Å²) in [5.41, 5.74) is 12.8. The molecule has 0 nitrogen and oxygen atoms in total. The summed E-state index contributed by atoms with van der Waals surface area (Å²) in [7, 11) is -1.27. The molecule has 41 heavy (non-hydrogen) atoms. The van der Waals surface area contributed by atoms with Crippen LogP contribution in [0.1, 0.15) is 57.9 Å². The molecule has 0 saturated carbocycles. The van der Waals surface area contributed by atoms with Crippen molar-refractivity contribution in [2.24, 2.45) is 0 Å². The molecule has 4 aromatic carbocycles. The van der Waals surface area contributed by atoms with Gasteiger partial charge < -0.3 is 0 Å². The summed E-state index contributed by atoms with van der Waals surface area (Å²) < 4.78 is 0. The van der Waals surface area contributed by atoms with Crippen LogP contribution >= 0.6 is 15.8 Å². The van der Waals surface area contributed by atoms with Crippen molar-refractivity contribution in [3.8, 4) is 0 Å². The van der Waals surface area contributed by atoms with Gasteiger partial charge in [0.25, 0.3) is 0 Å². The number of hydrogen-bond donors (Lipinski definition) is 0. The zero-order valence-corrected chi connectivity index (χ0v) is 28.1. The van der Waals surface area contributed by atoms with Crippen molar-refractivity contribution < 1.29 is 0 Å². The first-order valence-electron chi connectivity index (χ1n) is 14.8. The van der Waals surface area contributed by atoms with E-state index in [1.54, 1.807) is 10.9 Å². The fourth-order valence-corrected chi connectivity index (χ4v) is 12.8. The Bertz CT molecular complexity index is 1490. The van der Waals surface area contributed by atoms with Crippen molar-refractivity contribution in [1.29, 1.82) is 0 Å². The Morgan fingerprint density at radius 1 is 0.439 bits per heavy atom. The summed E-state index contributed by atoms with van der Waals surface area (Å²) >= 11 is 0. The Balaban J connectivity index is 1.67. The summed E-state index contributed by atoms with van der Waals surface area (Å²) in [6.45, 7) is 20.5. The highest BCUT2D eigenvalue weighted by Crippen LogP contribution is 2.55. The molecule has 0 heterocycles. The molecule has 0 N–H and O–H groups in total. The molecule has 0 saturated heterocycles. The Hall–Kier alpha value is -2.78. The van der Waals surface area contributed by atoms with Crippen LogP contribution < -0.4 is 21.2 Å². The lowest BCUT2D eigenvalue weighted by molar-refractivity contribution is 1.15. The van der Waals surface area contributed by atoms with E-state index in [1.807, 2.05) is 0 Å². The van der Waals surface area contributed by atoms with E-state index in [0.717, 1.165) is 6.42 Å². The van der Waals surface area contributed by atoms with E-state index in [9.17, 15) is 0 Å². The molecule has 0 spiro atoms. The van der Waals surface area contributed by atoms with E-state index in [0.29, 0.717) is 5.66 Å². The van der Waals surface area contributed by atoms with E-state index in [4.69, 9.17) is 0 Å². The lowest BCUT2D eigenvalue weighted by atomic mass is 10.1. The van der Waals surface area contributed by atoms with Crippen molar-refractivity contribution in [2.75, 3.05) is 0 Å². The molecule has 1 atom stereocenters. The number of allylic oxidation sites excluding steroid dienone is 4. The summed E-state index contributed by atoms with van der Waals surface area (Å²) in [5.74, 6) is 0. The second-order valence-corrected chi connectivity index (χ2v) is 17.0. The highest BCUT2D eigenvalue weighted by atomic mass is 31.1. The molecule has 2 heteroatoms. The van der Waals surface area contributed by atoms with E-state index in [-0.39, 0.29) is 0 Å². The minimum atomic E-state index is -0.673. The number of benzene rings is 4. The van der Waals surface area contributed by atoms with Crippen LogP contribution in [-0.2, 0) is 0 Å². The summed E-state index contributed by atoms with van der Waals surface area (Å²) in [4.78, 5) is 0. The maximum atomic E-state index is 2.55. The lowest BCUT2D eigenvalue weighted by Gasteiger charge is -2.32. The largest absolute Gasteiger partial charge is 0.0762 e. The molecule has 5 rings (SSSR count). The average molecular weight is 575 g/mol. The Morgan fingerprint density at radius 2 is 0.756 bits per heavy atom. The van der Waals surface area contributed by atoms with Gasteiger partial charge in [-0.3, -0.25) is 0 Å². The first kappa shape index (κ1) is 29.7. The maximum absolute atomic E-state index is 2.55. The van der Waals surface area contributed by atoms with Gasteiger partial charge in [0.15, 0.2) is 0 Å². The predicted molar refractivity (Wildman–Crippen MR) is 186 cm³/mol. The zero-order valence-electron chi connectivity index (χ0n) is 26.3. The molecule has 1 aliphatic carbocycles. The fourth-order valence-electron chi connectivity index (χ4n) is 6.63. The van der Waals surface area contributed by atoms with Gasteiger partial charge in [0, 0.05) is 5.66 Å². The van der Waals surface area contributed by atoms with Crippen molar-refractivity contribution in [1.82, 2.24) is 0 Å². The third kappa shape index (κ3) is 6.67. The van der Waals surface area contributed by atoms with E-state index in [1.165, 1.54) is 65.7 Å². The smallest absolute Gasteiger partial charge is 0.00970 e. The molecule has 4 aromatic rings. The number of aryl methyl sites for hydroxylation is 8. The fraction of sp³-hybridized carbons (Fsp3) is 0.282. The van der Waals surface area contributed by atoms with Crippen LogP contribution in [0.4, 0.5) is 0 Å². The van der Waals surface area contributed by atoms with Crippen LogP contribution in [-0.4, -0.2) is 5.66 Å². The van der Waals surface area contributed by atoms with Gasteiger partial charge in [-0.25, -0.2) is 0 Å². The molecule has 0 aromatic heterocycles. The van der Waals surface area contributed by atoms with Gasteiger partial charge in [0.2, 0.25) is 0 Å². The molecule has 0 amide bonds. The Kier molecular flexibility index (Phi) is 8.85. The van der Waals surface area contributed by atoms with Crippen LogP contribution in [0.2, 0.25) is 0 Å². The van der Waals surface area contributed by atoms with Crippen molar-refractivity contribution in [3.05, 3.63) is 140 Å². The minimum absolute atomic E-state index is 0.406.